The topological polar surface area (TPSA) is 77.1 Å². The number of halogens is 1. The summed E-state index contributed by atoms with van der Waals surface area (Å²) in [6.07, 6.45) is 0.887. The van der Waals surface area contributed by atoms with Gasteiger partial charge < -0.3 is 24.4 Å². The van der Waals surface area contributed by atoms with Gasteiger partial charge in [-0.15, -0.1) is 0 Å². The first-order valence-electron chi connectivity index (χ1n) is 11.4. The minimum Gasteiger partial charge on any atom is -0.493 e. The zero-order valence-corrected chi connectivity index (χ0v) is 21.1. The Hall–Kier alpha value is -2.93. The maximum absolute atomic E-state index is 13.3. The lowest BCUT2D eigenvalue weighted by Gasteiger charge is -2.21. The van der Waals surface area contributed by atoms with Crippen molar-refractivity contribution in [2.24, 2.45) is 11.8 Å². The fourth-order valence-corrected chi connectivity index (χ4v) is 4.50. The number of methoxy groups -OCH3 is 3. The Morgan fingerprint density at radius 2 is 1.74 bits per heavy atom. The molecular formula is C26H33ClN2O5. The first kappa shape index (κ1) is 25.7. The minimum absolute atomic E-state index is 0.0687. The third kappa shape index (κ3) is 5.76. The Bertz CT molecular complexity index is 1000. The molecule has 2 amide bonds. The largest absolute Gasteiger partial charge is 0.493 e. The highest BCUT2D eigenvalue weighted by Gasteiger charge is 2.41. The van der Waals surface area contributed by atoms with Crippen LogP contribution in [0.5, 0.6) is 17.2 Å². The van der Waals surface area contributed by atoms with Gasteiger partial charge in [-0.05, 0) is 48.2 Å². The monoisotopic (exact) mass is 488 g/mol. The molecule has 7 nitrogen and oxygen atoms in total. The van der Waals surface area contributed by atoms with E-state index in [0.717, 1.165) is 12.0 Å². The zero-order chi connectivity index (χ0) is 24.8. The van der Waals surface area contributed by atoms with Crippen LogP contribution in [0, 0.1) is 11.8 Å². The molecule has 0 aromatic heterocycles. The first-order chi connectivity index (χ1) is 16.3. The smallest absolute Gasteiger partial charge is 0.253 e. The van der Waals surface area contributed by atoms with Gasteiger partial charge in [0.2, 0.25) is 11.7 Å². The summed E-state index contributed by atoms with van der Waals surface area (Å²) in [5.74, 6) is 1.10. The van der Waals surface area contributed by atoms with Crippen molar-refractivity contribution in [3.63, 3.8) is 0 Å². The predicted molar refractivity (Wildman–Crippen MR) is 132 cm³/mol. The first-order valence-corrected chi connectivity index (χ1v) is 11.8. The van der Waals surface area contributed by atoms with Crippen LogP contribution in [0.15, 0.2) is 36.4 Å². The lowest BCUT2D eigenvalue weighted by Crippen LogP contribution is -2.36. The van der Waals surface area contributed by atoms with Crippen LogP contribution in [0.3, 0.4) is 0 Å². The quantitative estimate of drug-likeness (QED) is 0.566. The van der Waals surface area contributed by atoms with E-state index in [0.29, 0.717) is 53.4 Å². The van der Waals surface area contributed by atoms with Gasteiger partial charge in [0.05, 0.1) is 27.2 Å². The van der Waals surface area contributed by atoms with Crippen LogP contribution in [0.25, 0.3) is 0 Å². The minimum atomic E-state index is -0.418. The van der Waals surface area contributed by atoms with Crippen molar-refractivity contribution < 1.29 is 23.8 Å². The van der Waals surface area contributed by atoms with E-state index in [1.165, 1.54) is 0 Å². The van der Waals surface area contributed by atoms with Crippen LogP contribution in [0.2, 0.25) is 5.02 Å². The highest BCUT2D eigenvalue weighted by Crippen LogP contribution is 2.43. The molecule has 1 saturated heterocycles. The number of carbonyl (C=O) groups excluding carboxylic acids is 2. The molecule has 8 heteroatoms. The molecule has 1 heterocycles. The van der Waals surface area contributed by atoms with Crippen molar-refractivity contribution >= 4 is 23.4 Å². The number of hydrogen-bond acceptors (Lipinski definition) is 5. The van der Waals surface area contributed by atoms with E-state index in [1.54, 1.807) is 50.5 Å². The maximum Gasteiger partial charge on any atom is 0.253 e. The molecular weight excluding hydrogens is 456 g/mol. The van der Waals surface area contributed by atoms with Crippen molar-refractivity contribution in [3.8, 4) is 17.2 Å². The molecule has 34 heavy (non-hydrogen) atoms. The van der Waals surface area contributed by atoms with Crippen LogP contribution < -0.4 is 19.5 Å². The highest BCUT2D eigenvalue weighted by atomic mass is 35.5. The molecule has 2 aromatic rings. The summed E-state index contributed by atoms with van der Waals surface area (Å²) < 4.78 is 16.5. The molecule has 0 radical (unpaired) electrons. The number of nitrogens with one attached hydrogen (secondary N) is 1. The molecule has 0 saturated carbocycles. The number of carbonyl (C=O) groups is 2. The second-order valence-corrected chi connectivity index (χ2v) is 9.30. The van der Waals surface area contributed by atoms with Gasteiger partial charge in [0.15, 0.2) is 11.5 Å². The summed E-state index contributed by atoms with van der Waals surface area (Å²) in [7, 11) is 4.66. The van der Waals surface area contributed by atoms with Gasteiger partial charge in [-0.2, -0.15) is 0 Å². The molecule has 1 aliphatic heterocycles. The fourth-order valence-electron chi connectivity index (χ4n) is 4.31. The number of nitrogens with zero attached hydrogens (tertiary/aromatic N) is 1. The molecule has 3 rings (SSSR count). The van der Waals surface area contributed by atoms with Crippen LogP contribution >= 0.6 is 11.6 Å². The van der Waals surface area contributed by atoms with Crippen LogP contribution in [0.4, 0.5) is 0 Å². The number of likely N-dealkylation sites (tertiary alicyclic amines) is 1. The molecule has 0 bridgehead atoms. The van der Waals surface area contributed by atoms with Gasteiger partial charge in [-0.1, -0.05) is 31.5 Å². The predicted octanol–water partition coefficient (Wildman–Crippen LogP) is 4.38. The number of rotatable bonds is 9. The van der Waals surface area contributed by atoms with Crippen LogP contribution in [-0.4, -0.2) is 57.7 Å². The van der Waals surface area contributed by atoms with Crippen molar-refractivity contribution in [1.82, 2.24) is 10.2 Å². The maximum atomic E-state index is 13.3. The molecule has 184 valence electrons. The fraction of sp³-hybridized carbons (Fsp3) is 0.462. The molecule has 1 fully saturated rings. The van der Waals surface area contributed by atoms with Crippen molar-refractivity contribution in [3.05, 3.63) is 52.5 Å². The van der Waals surface area contributed by atoms with Gasteiger partial charge in [0.1, 0.15) is 0 Å². The number of benzene rings is 2. The number of amides is 2. The highest BCUT2D eigenvalue weighted by molar-refractivity contribution is 6.30. The summed E-state index contributed by atoms with van der Waals surface area (Å²) in [6, 6.07) is 10.6. The average Bonchev–Trinajstić information content (AvgIpc) is 3.28. The second-order valence-electron chi connectivity index (χ2n) is 8.87. The van der Waals surface area contributed by atoms with E-state index in [2.05, 4.69) is 19.2 Å². The number of ether oxygens (including phenoxy) is 3. The Labute approximate surface area is 206 Å². The molecule has 0 spiro atoms. The Kier molecular flexibility index (Phi) is 8.67. The van der Waals surface area contributed by atoms with Crippen LogP contribution in [-0.2, 0) is 4.79 Å². The van der Waals surface area contributed by atoms with Gasteiger partial charge in [0, 0.05) is 36.1 Å². The van der Waals surface area contributed by atoms with Gasteiger partial charge in [-0.3, -0.25) is 9.59 Å². The van der Waals surface area contributed by atoms with Crippen molar-refractivity contribution in [2.75, 3.05) is 41.0 Å². The van der Waals surface area contributed by atoms with Gasteiger partial charge in [-0.25, -0.2) is 0 Å². The van der Waals surface area contributed by atoms with E-state index in [9.17, 15) is 9.59 Å². The normalized spacial score (nSPS) is 17.6. The Balaban J connectivity index is 1.94. The van der Waals surface area contributed by atoms with Gasteiger partial charge >= 0.3 is 0 Å². The second kappa shape index (κ2) is 11.5. The lowest BCUT2D eigenvalue weighted by molar-refractivity contribution is -0.124. The SMILES string of the molecule is COc1cc([C@H]2CN(C(=O)c3cccc(Cl)c3)C[C@@H]2C(=O)NCCC(C)C)cc(OC)c1OC. The Morgan fingerprint density at radius 3 is 2.29 bits per heavy atom. The van der Waals surface area contributed by atoms with E-state index >= 15 is 0 Å². The summed E-state index contributed by atoms with van der Waals surface area (Å²) in [4.78, 5) is 28.2. The summed E-state index contributed by atoms with van der Waals surface area (Å²) >= 11 is 6.10. The van der Waals surface area contributed by atoms with E-state index < -0.39 is 5.92 Å². The standard InChI is InChI=1S/C26H33ClN2O5/c1-16(2)9-10-28-25(30)21-15-29(26(31)17-7-6-8-19(27)11-17)14-20(21)18-12-22(32-3)24(34-5)23(13-18)33-4/h6-8,11-13,16,20-21H,9-10,14-15H2,1-5H3,(H,28,30)/t20-,21+/m1/s1. The molecule has 1 N–H and O–H groups in total. The molecule has 1 aliphatic rings. The van der Waals surface area contributed by atoms with E-state index in [1.807, 2.05) is 12.1 Å². The molecule has 2 atom stereocenters. The van der Waals surface area contributed by atoms with E-state index in [4.69, 9.17) is 25.8 Å². The summed E-state index contributed by atoms with van der Waals surface area (Å²) in [6.45, 7) is 5.52. The van der Waals surface area contributed by atoms with Crippen LogP contribution in [0.1, 0.15) is 42.1 Å². The van der Waals surface area contributed by atoms with Gasteiger partial charge in [0.25, 0.3) is 5.91 Å². The summed E-state index contributed by atoms with van der Waals surface area (Å²) in [5.41, 5.74) is 1.34. The van der Waals surface area contributed by atoms with Crippen molar-refractivity contribution in [2.45, 2.75) is 26.2 Å². The summed E-state index contributed by atoms with van der Waals surface area (Å²) in [5, 5.41) is 3.55. The molecule has 2 aromatic carbocycles. The lowest BCUT2D eigenvalue weighted by atomic mass is 9.87. The third-order valence-corrected chi connectivity index (χ3v) is 6.39. The average molecular weight is 489 g/mol. The number of hydrogen-bond donors (Lipinski definition) is 1. The Morgan fingerprint density at radius 1 is 1.06 bits per heavy atom. The third-order valence-electron chi connectivity index (χ3n) is 6.15. The zero-order valence-electron chi connectivity index (χ0n) is 20.4. The molecule has 0 aliphatic carbocycles. The van der Waals surface area contributed by atoms with E-state index in [-0.39, 0.29) is 17.7 Å². The van der Waals surface area contributed by atoms with Crippen molar-refractivity contribution in [1.29, 1.82) is 0 Å². The molecule has 0 unspecified atom stereocenters.